The van der Waals surface area contributed by atoms with Gasteiger partial charge in [0.15, 0.2) is 16.6 Å². The average molecular weight is 556 g/mol. The minimum absolute atomic E-state index is 0.0868. The summed E-state index contributed by atoms with van der Waals surface area (Å²) in [6.07, 6.45) is 10.7. The van der Waals surface area contributed by atoms with Crippen molar-refractivity contribution in [3.63, 3.8) is 0 Å². The Labute approximate surface area is 234 Å². The molecule has 4 aliphatic rings. The van der Waals surface area contributed by atoms with Crippen LogP contribution >= 0.6 is 0 Å². The standard InChI is InChI=1S/C32H53NO3Si2/c1-31-19-18-25(35-37(3,4)5)20-24(31)14-15-26-27-16-17-29(33-34-22-23-12-10-9-11-13-23)32(27,2)21-28(30(26)31)36-38(6,7)8/h9-13,24-28,30H,14-22H2,1-8H3/b33-29-/t24-,25+,26-,27-,28-,30+,31-,32-/m0/s1. The SMILES string of the molecule is C[C@]12CC[C@@H](O[Si](C)(C)C)C[C@@H]1CC[C@@H]1[C@@H]2[C@@H](O[Si](C)(C)C)C[C@]2(C)/C(=N\OCc3ccccc3)CC[C@@H]12. The molecule has 1 aromatic carbocycles. The van der Waals surface area contributed by atoms with E-state index in [-0.39, 0.29) is 5.41 Å². The lowest BCUT2D eigenvalue weighted by Crippen LogP contribution is -2.61. The van der Waals surface area contributed by atoms with Gasteiger partial charge in [0.05, 0.1) is 5.71 Å². The first-order valence-corrected chi connectivity index (χ1v) is 22.2. The molecule has 0 bridgehead atoms. The van der Waals surface area contributed by atoms with Crippen LogP contribution in [0, 0.1) is 34.5 Å². The van der Waals surface area contributed by atoms with Crippen LogP contribution in [0.1, 0.15) is 70.8 Å². The van der Waals surface area contributed by atoms with Gasteiger partial charge in [-0.05, 0) is 125 Å². The van der Waals surface area contributed by atoms with Crippen LogP contribution in [0.25, 0.3) is 0 Å². The smallest absolute Gasteiger partial charge is 0.184 e. The summed E-state index contributed by atoms with van der Waals surface area (Å²) in [5, 5.41) is 4.85. The topological polar surface area (TPSA) is 40.0 Å². The second kappa shape index (κ2) is 10.5. The van der Waals surface area contributed by atoms with Crippen molar-refractivity contribution in [1.82, 2.24) is 0 Å². The third kappa shape index (κ3) is 5.75. The number of hydrogen-bond acceptors (Lipinski definition) is 4. The third-order valence-corrected chi connectivity index (χ3v) is 12.6. The van der Waals surface area contributed by atoms with E-state index in [1.54, 1.807) is 0 Å². The van der Waals surface area contributed by atoms with E-state index in [9.17, 15) is 0 Å². The first-order valence-electron chi connectivity index (χ1n) is 15.4. The van der Waals surface area contributed by atoms with Crippen molar-refractivity contribution < 1.29 is 13.7 Å². The van der Waals surface area contributed by atoms with Crippen molar-refractivity contribution in [3.05, 3.63) is 35.9 Å². The van der Waals surface area contributed by atoms with E-state index < -0.39 is 16.6 Å². The molecule has 0 aliphatic heterocycles. The first kappa shape index (κ1) is 28.6. The summed E-state index contributed by atoms with van der Waals surface area (Å²) in [6, 6.07) is 10.4. The van der Waals surface area contributed by atoms with Crippen LogP contribution in [0.15, 0.2) is 35.5 Å². The lowest BCUT2D eigenvalue weighted by atomic mass is 9.44. The van der Waals surface area contributed by atoms with Crippen molar-refractivity contribution in [2.75, 3.05) is 0 Å². The van der Waals surface area contributed by atoms with E-state index in [1.807, 2.05) is 0 Å². The number of hydrogen-bond donors (Lipinski definition) is 0. The molecule has 0 unspecified atom stereocenters. The summed E-state index contributed by atoms with van der Waals surface area (Å²) in [7, 11) is -3.23. The average Bonchev–Trinajstić information content (AvgIpc) is 3.13. The summed E-state index contributed by atoms with van der Waals surface area (Å²) < 4.78 is 13.9. The van der Waals surface area contributed by atoms with E-state index in [2.05, 4.69) is 83.5 Å². The molecule has 4 aliphatic carbocycles. The predicted octanol–water partition coefficient (Wildman–Crippen LogP) is 8.65. The third-order valence-electron chi connectivity index (χ3n) is 10.5. The monoisotopic (exact) mass is 555 g/mol. The first-order chi connectivity index (χ1) is 17.8. The normalized spacial score (nSPS) is 40.4. The molecule has 1 aromatic rings. The van der Waals surface area contributed by atoms with Gasteiger partial charge in [-0.25, -0.2) is 0 Å². The van der Waals surface area contributed by atoms with Gasteiger partial charge in [0.25, 0.3) is 0 Å². The zero-order valence-corrected chi connectivity index (χ0v) is 27.4. The van der Waals surface area contributed by atoms with E-state index in [0.29, 0.717) is 36.1 Å². The quantitative estimate of drug-likeness (QED) is 0.250. The van der Waals surface area contributed by atoms with Gasteiger partial charge in [-0.3, -0.25) is 0 Å². The highest BCUT2D eigenvalue weighted by Crippen LogP contribution is 2.66. The van der Waals surface area contributed by atoms with Gasteiger partial charge >= 0.3 is 0 Å². The molecule has 212 valence electrons. The Hall–Kier alpha value is -0.956. The summed E-state index contributed by atoms with van der Waals surface area (Å²) >= 11 is 0. The predicted molar refractivity (Wildman–Crippen MR) is 162 cm³/mol. The van der Waals surface area contributed by atoms with Crippen LogP contribution in [0.5, 0.6) is 0 Å². The molecule has 0 spiro atoms. The van der Waals surface area contributed by atoms with Crippen molar-refractivity contribution in [1.29, 1.82) is 0 Å². The van der Waals surface area contributed by atoms with Crippen LogP contribution in [0.3, 0.4) is 0 Å². The Kier molecular flexibility index (Phi) is 7.87. The second-order valence-corrected chi connectivity index (χ2v) is 24.3. The molecule has 4 saturated carbocycles. The van der Waals surface area contributed by atoms with Gasteiger partial charge in [-0.2, -0.15) is 0 Å². The molecule has 0 saturated heterocycles. The number of fused-ring (bicyclic) bond motifs is 5. The van der Waals surface area contributed by atoms with Crippen molar-refractivity contribution in [2.24, 2.45) is 39.7 Å². The summed E-state index contributed by atoms with van der Waals surface area (Å²) in [6.45, 7) is 19.9. The second-order valence-electron chi connectivity index (χ2n) is 15.4. The van der Waals surface area contributed by atoms with Crippen LogP contribution in [-0.4, -0.2) is 34.6 Å². The van der Waals surface area contributed by atoms with Crippen LogP contribution < -0.4 is 0 Å². The summed E-state index contributed by atoms with van der Waals surface area (Å²) in [4.78, 5) is 5.99. The number of oxime groups is 1. The molecule has 4 fully saturated rings. The van der Waals surface area contributed by atoms with Crippen LogP contribution in [0.2, 0.25) is 39.3 Å². The zero-order valence-electron chi connectivity index (χ0n) is 25.4. The van der Waals surface area contributed by atoms with Crippen molar-refractivity contribution >= 4 is 22.3 Å². The van der Waals surface area contributed by atoms with E-state index in [1.165, 1.54) is 49.8 Å². The minimum atomic E-state index is -1.71. The fraction of sp³-hybridized carbons (Fsp3) is 0.781. The summed E-state index contributed by atoms with van der Waals surface area (Å²) in [5.41, 5.74) is 2.92. The fourth-order valence-electron chi connectivity index (χ4n) is 9.18. The van der Waals surface area contributed by atoms with Gasteiger partial charge in [-0.1, -0.05) is 49.3 Å². The van der Waals surface area contributed by atoms with E-state index in [4.69, 9.17) is 18.8 Å². The lowest BCUT2D eigenvalue weighted by Gasteiger charge is -2.63. The number of rotatable bonds is 7. The molecular formula is C32H53NO3Si2. The molecule has 0 heterocycles. The molecule has 5 rings (SSSR count). The van der Waals surface area contributed by atoms with E-state index in [0.717, 1.165) is 24.7 Å². The van der Waals surface area contributed by atoms with Gasteiger partial charge in [0.1, 0.15) is 6.61 Å². The lowest BCUT2D eigenvalue weighted by molar-refractivity contribution is -0.157. The van der Waals surface area contributed by atoms with Gasteiger partial charge in [0, 0.05) is 17.6 Å². The number of nitrogens with zero attached hydrogens (tertiary/aromatic N) is 1. The van der Waals surface area contributed by atoms with Gasteiger partial charge in [-0.15, -0.1) is 0 Å². The Bertz CT molecular complexity index is 1000. The van der Waals surface area contributed by atoms with Crippen molar-refractivity contribution in [2.45, 2.75) is 123 Å². The molecule has 0 N–H and O–H groups in total. The highest BCUT2D eigenvalue weighted by Gasteiger charge is 2.63. The van der Waals surface area contributed by atoms with Crippen LogP contribution in [0.4, 0.5) is 0 Å². The van der Waals surface area contributed by atoms with E-state index >= 15 is 0 Å². The summed E-state index contributed by atoms with van der Waals surface area (Å²) in [5.74, 6) is 2.84. The maximum Gasteiger partial charge on any atom is 0.184 e. The molecule has 8 atom stereocenters. The Morgan fingerprint density at radius 1 is 0.895 bits per heavy atom. The molecule has 38 heavy (non-hydrogen) atoms. The number of benzene rings is 1. The molecular weight excluding hydrogens is 503 g/mol. The Morgan fingerprint density at radius 2 is 1.61 bits per heavy atom. The maximum atomic E-state index is 7.18. The maximum absolute atomic E-state index is 7.18. The fourth-order valence-corrected chi connectivity index (χ4v) is 11.5. The molecule has 4 nitrogen and oxygen atoms in total. The molecule has 0 aromatic heterocycles. The van der Waals surface area contributed by atoms with Gasteiger partial charge in [0.2, 0.25) is 0 Å². The van der Waals surface area contributed by atoms with Gasteiger partial charge < -0.3 is 13.7 Å². The highest BCUT2D eigenvalue weighted by atomic mass is 28.4. The Morgan fingerprint density at radius 3 is 2.29 bits per heavy atom. The zero-order chi connectivity index (χ0) is 27.3. The van der Waals surface area contributed by atoms with Crippen molar-refractivity contribution in [3.8, 4) is 0 Å². The minimum Gasteiger partial charge on any atom is -0.415 e. The van der Waals surface area contributed by atoms with Crippen LogP contribution in [-0.2, 0) is 20.3 Å². The largest absolute Gasteiger partial charge is 0.415 e. The Balaban J connectivity index is 1.39. The molecule has 0 radical (unpaired) electrons. The highest BCUT2D eigenvalue weighted by molar-refractivity contribution is 6.70. The molecule has 0 amide bonds. The molecule has 6 heteroatoms.